The minimum Gasteiger partial charge on any atom is -0.193 e. The molecule has 0 bridgehead atoms. The van der Waals surface area contributed by atoms with Crippen molar-refractivity contribution in [1.82, 2.24) is 4.57 Å². The number of benzene rings is 4. The molecule has 198 valence electrons. The molecule has 6 rings (SSSR count). The summed E-state index contributed by atoms with van der Waals surface area (Å²) in [6, 6.07) is 27.4. The zero-order valence-corrected chi connectivity index (χ0v) is 24.7. The molecule has 0 radical (unpaired) electrons. The van der Waals surface area contributed by atoms with Gasteiger partial charge in [0.25, 0.3) is 6.33 Å². The molecule has 1 aromatic heterocycles. The summed E-state index contributed by atoms with van der Waals surface area (Å²) in [5.41, 5.74) is 13.6. The van der Waals surface area contributed by atoms with Crippen LogP contribution in [0.4, 0.5) is 0 Å². The zero-order chi connectivity index (χ0) is 27.6. The minimum atomic E-state index is 0.416. The van der Waals surface area contributed by atoms with E-state index in [1.54, 1.807) is 0 Å². The molecule has 2 heteroatoms. The maximum absolute atomic E-state index is 2.54. The van der Waals surface area contributed by atoms with E-state index < -0.39 is 0 Å². The van der Waals surface area contributed by atoms with Crippen molar-refractivity contribution in [3.63, 3.8) is 0 Å². The largest absolute Gasteiger partial charge is 0.255 e. The van der Waals surface area contributed by atoms with E-state index in [4.69, 9.17) is 0 Å². The van der Waals surface area contributed by atoms with E-state index >= 15 is 0 Å². The summed E-state index contributed by atoms with van der Waals surface area (Å²) in [6.45, 7) is 18.6. The summed E-state index contributed by atoms with van der Waals surface area (Å²) in [7, 11) is 0. The summed E-state index contributed by atoms with van der Waals surface area (Å²) >= 11 is 0. The van der Waals surface area contributed by atoms with Crippen LogP contribution < -0.4 is 4.57 Å². The van der Waals surface area contributed by atoms with Gasteiger partial charge in [0.15, 0.2) is 11.4 Å². The quantitative estimate of drug-likeness (QED) is 0.196. The molecular weight excluding hydrogens is 472 g/mol. The first-order chi connectivity index (χ1) is 18.7. The number of rotatable bonds is 6. The third kappa shape index (κ3) is 3.87. The van der Waals surface area contributed by atoms with Crippen molar-refractivity contribution in [1.29, 1.82) is 0 Å². The maximum Gasteiger partial charge on any atom is 0.255 e. The lowest BCUT2D eigenvalue weighted by Crippen LogP contribution is -2.34. The van der Waals surface area contributed by atoms with E-state index in [0.29, 0.717) is 23.7 Å². The first-order valence-electron chi connectivity index (χ1n) is 14.7. The van der Waals surface area contributed by atoms with Crippen molar-refractivity contribution < 1.29 is 4.57 Å². The molecule has 5 aromatic rings. The van der Waals surface area contributed by atoms with E-state index in [2.05, 4.69) is 144 Å². The Bertz CT molecular complexity index is 1540. The second-order valence-electron chi connectivity index (χ2n) is 12.5. The lowest BCUT2D eigenvalue weighted by molar-refractivity contribution is -0.584. The van der Waals surface area contributed by atoms with Gasteiger partial charge >= 0.3 is 0 Å². The summed E-state index contributed by atoms with van der Waals surface area (Å²) in [5, 5.41) is 2.68. The molecule has 0 saturated carbocycles. The number of hydrogen-bond acceptors (Lipinski definition) is 0. The van der Waals surface area contributed by atoms with E-state index in [0.717, 1.165) is 0 Å². The average Bonchev–Trinajstić information content (AvgIpc) is 3.45. The van der Waals surface area contributed by atoms with Gasteiger partial charge in [-0.3, -0.25) is 0 Å². The average molecular weight is 514 g/mol. The summed E-state index contributed by atoms with van der Waals surface area (Å²) in [5.74, 6) is 1.66. The normalized spacial score (nSPS) is 12.5. The highest BCUT2D eigenvalue weighted by atomic mass is 15.2. The van der Waals surface area contributed by atoms with Crippen molar-refractivity contribution in [3.05, 3.63) is 101 Å². The summed E-state index contributed by atoms with van der Waals surface area (Å²) in [6.07, 6.45) is 2.40. The Morgan fingerprint density at radius 1 is 0.538 bits per heavy atom. The van der Waals surface area contributed by atoms with Crippen molar-refractivity contribution in [3.8, 4) is 33.9 Å². The van der Waals surface area contributed by atoms with E-state index in [1.807, 2.05) is 0 Å². The van der Waals surface area contributed by atoms with Crippen LogP contribution in [0.15, 0.2) is 79.1 Å². The highest BCUT2D eigenvalue weighted by molar-refractivity contribution is 6.13. The van der Waals surface area contributed by atoms with Crippen LogP contribution in [0.1, 0.15) is 101 Å². The van der Waals surface area contributed by atoms with Gasteiger partial charge < -0.3 is 0 Å². The van der Waals surface area contributed by atoms with Crippen LogP contribution in [0.3, 0.4) is 0 Å². The fourth-order valence-corrected chi connectivity index (χ4v) is 6.63. The standard InChI is InChI=1S/C37H41N2/c1-22(2)27-15-11-16-28(23(3)4)34(27)38-21-39(35-29(24(5)6)17-12-18-30(35)25(7)8)37-32-20-10-14-26-13-9-19-31(33(26)32)36(37)38/h9-25H,1-8H3/q+1. The van der Waals surface area contributed by atoms with Crippen molar-refractivity contribution >= 4 is 10.8 Å². The second-order valence-corrected chi connectivity index (χ2v) is 12.5. The Balaban J connectivity index is 1.82. The Kier molecular flexibility index (Phi) is 6.25. The maximum atomic E-state index is 2.54. The molecule has 0 fully saturated rings. The number of imidazole rings is 1. The first-order valence-corrected chi connectivity index (χ1v) is 14.7. The molecule has 0 saturated heterocycles. The van der Waals surface area contributed by atoms with Gasteiger partial charge in [-0.15, -0.1) is 0 Å². The number of hydrogen-bond donors (Lipinski definition) is 0. The lowest BCUT2D eigenvalue weighted by Gasteiger charge is -2.18. The Morgan fingerprint density at radius 2 is 1.00 bits per heavy atom. The van der Waals surface area contributed by atoms with Crippen LogP contribution in [0.25, 0.3) is 44.7 Å². The van der Waals surface area contributed by atoms with Gasteiger partial charge in [0.05, 0.1) is 0 Å². The number of aromatic nitrogens is 2. The highest BCUT2D eigenvalue weighted by Gasteiger charge is 2.38. The first kappa shape index (κ1) is 25.6. The molecule has 0 N–H and O–H groups in total. The fourth-order valence-electron chi connectivity index (χ4n) is 6.63. The molecule has 0 atom stereocenters. The van der Waals surface area contributed by atoms with Crippen LogP contribution in [-0.4, -0.2) is 4.57 Å². The molecule has 0 aliphatic heterocycles. The van der Waals surface area contributed by atoms with Crippen molar-refractivity contribution in [2.45, 2.75) is 79.1 Å². The van der Waals surface area contributed by atoms with Gasteiger partial charge in [-0.05, 0) is 41.2 Å². The Morgan fingerprint density at radius 3 is 1.51 bits per heavy atom. The Labute approximate surface area is 234 Å². The third-order valence-electron chi connectivity index (χ3n) is 8.52. The van der Waals surface area contributed by atoms with Crippen LogP contribution in [-0.2, 0) is 0 Å². The lowest BCUT2D eigenvalue weighted by atomic mass is 9.92. The molecule has 4 aromatic carbocycles. The van der Waals surface area contributed by atoms with Gasteiger partial charge in [0.2, 0.25) is 0 Å². The number of para-hydroxylation sites is 2. The van der Waals surface area contributed by atoms with E-state index in [1.165, 1.54) is 66.9 Å². The molecule has 39 heavy (non-hydrogen) atoms. The molecule has 1 heterocycles. The molecular formula is C37H41N2+. The fraction of sp³-hybridized carbons (Fsp3) is 0.324. The summed E-state index contributed by atoms with van der Waals surface area (Å²) < 4.78 is 5.08. The molecule has 1 aliphatic carbocycles. The SMILES string of the molecule is CC(C)c1cccc(C(C)C)c1-n1c[n+](-c2c(C(C)C)cccc2C(C)C)c2c1-c1cccc3cccc-2c13. The monoisotopic (exact) mass is 513 g/mol. The van der Waals surface area contributed by atoms with Crippen LogP contribution >= 0.6 is 0 Å². The second kappa shape index (κ2) is 9.52. The predicted octanol–water partition coefficient (Wildman–Crippen LogP) is 10.0. The van der Waals surface area contributed by atoms with Crippen LogP contribution in [0, 0.1) is 0 Å². The van der Waals surface area contributed by atoms with E-state index in [9.17, 15) is 0 Å². The molecule has 1 aliphatic rings. The van der Waals surface area contributed by atoms with Crippen molar-refractivity contribution in [2.75, 3.05) is 0 Å². The zero-order valence-electron chi connectivity index (χ0n) is 24.7. The predicted molar refractivity (Wildman–Crippen MR) is 166 cm³/mol. The van der Waals surface area contributed by atoms with Crippen molar-refractivity contribution in [2.24, 2.45) is 0 Å². The summed E-state index contributed by atoms with van der Waals surface area (Å²) in [4.78, 5) is 0. The van der Waals surface area contributed by atoms with E-state index in [-0.39, 0.29) is 0 Å². The topological polar surface area (TPSA) is 8.81 Å². The Hall–Kier alpha value is -3.65. The smallest absolute Gasteiger partial charge is 0.193 e. The number of fused-ring (bicyclic) bond motifs is 3. The number of nitrogens with zero attached hydrogens (tertiary/aromatic N) is 2. The van der Waals surface area contributed by atoms with Gasteiger partial charge in [-0.1, -0.05) is 116 Å². The van der Waals surface area contributed by atoms with Crippen LogP contribution in [0.5, 0.6) is 0 Å². The van der Waals surface area contributed by atoms with Gasteiger partial charge in [-0.2, -0.15) is 9.13 Å². The van der Waals surface area contributed by atoms with Gasteiger partial charge in [0.1, 0.15) is 11.4 Å². The third-order valence-corrected chi connectivity index (χ3v) is 8.52. The van der Waals surface area contributed by atoms with Gasteiger partial charge in [0, 0.05) is 38.8 Å². The molecule has 0 amide bonds. The molecule has 0 spiro atoms. The molecule has 0 unspecified atom stereocenters. The minimum absolute atomic E-state index is 0.416. The highest BCUT2D eigenvalue weighted by Crippen LogP contribution is 2.48. The van der Waals surface area contributed by atoms with Crippen LogP contribution in [0.2, 0.25) is 0 Å². The van der Waals surface area contributed by atoms with Gasteiger partial charge in [-0.25, -0.2) is 0 Å². The molecule has 2 nitrogen and oxygen atoms in total.